The Morgan fingerprint density at radius 1 is 1.23 bits per heavy atom. The van der Waals surface area contributed by atoms with E-state index in [1.807, 2.05) is 0 Å². The van der Waals surface area contributed by atoms with Crippen molar-refractivity contribution in [3.8, 4) is 0 Å². The molecule has 0 unspecified atom stereocenters. The van der Waals surface area contributed by atoms with Gasteiger partial charge in [-0.1, -0.05) is 0 Å². The van der Waals surface area contributed by atoms with E-state index in [1.54, 1.807) is 0 Å². The molecule has 1 aliphatic rings. The van der Waals surface area contributed by atoms with Gasteiger partial charge in [-0.05, 0) is 6.54 Å². The predicted octanol–water partition coefficient (Wildman–Crippen LogP) is -4.16. The van der Waals surface area contributed by atoms with Crippen molar-refractivity contribution in [2.75, 3.05) is 39.3 Å². The van der Waals surface area contributed by atoms with E-state index in [9.17, 15) is 5.11 Å². The molecule has 0 aromatic heterocycles. The van der Waals surface area contributed by atoms with Crippen LogP contribution >= 0.6 is 12.4 Å². The van der Waals surface area contributed by atoms with Crippen molar-refractivity contribution >= 4 is 12.4 Å². The smallest absolute Gasteiger partial charge is 1.00 e. The molecular weight excluding hydrogens is 396 g/mol. The van der Waals surface area contributed by atoms with E-state index < -0.39 is 0 Å². The van der Waals surface area contributed by atoms with Crippen molar-refractivity contribution in [3.63, 3.8) is 0 Å². The Bertz CT molecular complexity index is 83.5. The van der Waals surface area contributed by atoms with E-state index in [1.165, 1.54) is 0 Å². The van der Waals surface area contributed by atoms with Crippen LogP contribution in [-0.4, -0.2) is 44.2 Å². The molecule has 1 aliphatic heterocycles. The van der Waals surface area contributed by atoms with Crippen LogP contribution in [0.3, 0.4) is 0 Å². The maximum absolute atomic E-state index is 10.1. The molecule has 0 bridgehead atoms. The molecular formula is C6H17Cl2N3OPt. The molecule has 0 aromatic rings. The van der Waals surface area contributed by atoms with Gasteiger partial charge in [0, 0.05) is 26.2 Å². The molecule has 86 valence electrons. The van der Waals surface area contributed by atoms with Crippen molar-refractivity contribution in [3.05, 3.63) is 0 Å². The molecule has 0 aromatic carbocycles. The fraction of sp³-hybridized carbons (Fsp3) is 1.00. The van der Waals surface area contributed by atoms with Crippen LogP contribution in [0.1, 0.15) is 0 Å². The van der Waals surface area contributed by atoms with Gasteiger partial charge in [0.2, 0.25) is 0 Å². The van der Waals surface area contributed by atoms with Gasteiger partial charge in [0.05, 0.1) is 0 Å². The predicted molar refractivity (Wildman–Crippen MR) is 46.4 cm³/mol. The quantitative estimate of drug-likeness (QED) is 0.482. The molecule has 0 spiro atoms. The number of hydrogen-bond donors (Lipinski definition) is 2. The number of rotatable bonds is 2. The maximum atomic E-state index is 10.1. The average Bonchev–Trinajstić information content (AvgIpc) is 1.91. The first-order valence-electron chi connectivity index (χ1n) is 3.44. The van der Waals surface area contributed by atoms with Crippen LogP contribution in [0.15, 0.2) is 0 Å². The van der Waals surface area contributed by atoms with Crippen LogP contribution in [0.25, 0.3) is 0 Å². The summed E-state index contributed by atoms with van der Waals surface area (Å²) in [6.45, 7) is 4.94. The molecule has 1 rings (SSSR count). The zero-order valence-electron chi connectivity index (χ0n) is 7.41. The first-order chi connectivity index (χ1) is 4.43. The van der Waals surface area contributed by atoms with Gasteiger partial charge in [0.15, 0.2) is 0 Å². The molecule has 0 amide bonds. The Kier molecular flexibility index (Phi) is 28.4. The zero-order valence-corrected chi connectivity index (χ0v) is 11.3. The topological polar surface area (TPSA) is 73.3 Å². The molecule has 0 saturated carbocycles. The molecule has 0 radical (unpaired) electrons. The van der Waals surface area contributed by atoms with Crippen molar-refractivity contribution in [1.29, 1.82) is 0 Å². The molecule has 4 N–H and O–H groups in total. The van der Waals surface area contributed by atoms with Gasteiger partial charge in [0.1, 0.15) is 0 Å². The largest absolute Gasteiger partial charge is 2.00 e. The van der Waals surface area contributed by atoms with Gasteiger partial charge in [-0.3, -0.25) is 0 Å². The summed E-state index contributed by atoms with van der Waals surface area (Å²) in [5, 5.41) is 13.4. The molecule has 7 heteroatoms. The second kappa shape index (κ2) is 15.6. The Hall–Kier alpha value is 1.11. The molecule has 1 saturated heterocycles. The maximum Gasteiger partial charge on any atom is 2.00 e. The van der Waals surface area contributed by atoms with Crippen molar-refractivity contribution in [2.24, 2.45) is 0 Å². The van der Waals surface area contributed by atoms with Crippen LogP contribution in [0, 0.1) is 0 Å². The molecule has 1 fully saturated rings. The Morgan fingerprint density at radius 3 is 2.08 bits per heavy atom. The first kappa shape index (κ1) is 23.7. The average molecular weight is 413 g/mol. The number of piperazine rings is 1. The molecule has 13 heavy (non-hydrogen) atoms. The number of nitrogens with zero attached hydrogens (tertiary/aromatic N) is 1. The second-order valence-electron chi connectivity index (χ2n) is 2.30. The number of halogens is 2. The summed E-state index contributed by atoms with van der Waals surface area (Å²) in [5.74, 6) is 0. The first-order valence-corrected chi connectivity index (χ1v) is 3.44. The van der Waals surface area contributed by atoms with E-state index >= 15 is 0 Å². The Balaban J connectivity index is -0.000000101. The number of hydrogen-bond acceptors (Lipinski definition) is 4. The van der Waals surface area contributed by atoms with Gasteiger partial charge < -0.3 is 33.9 Å². The van der Waals surface area contributed by atoms with Crippen LogP contribution in [0.2, 0.25) is 0 Å². The van der Waals surface area contributed by atoms with Gasteiger partial charge >= 0.3 is 21.1 Å². The Labute approximate surface area is 106 Å². The second-order valence-corrected chi connectivity index (χ2v) is 2.30. The summed E-state index contributed by atoms with van der Waals surface area (Å²) in [4.78, 5) is 2.20. The third kappa shape index (κ3) is 11.0. The summed E-state index contributed by atoms with van der Waals surface area (Å²) in [7, 11) is 0. The minimum absolute atomic E-state index is 0. The van der Waals surface area contributed by atoms with Crippen molar-refractivity contribution in [2.45, 2.75) is 0 Å². The summed E-state index contributed by atoms with van der Waals surface area (Å²) < 4.78 is 0. The standard InChI is InChI=1S/C6H13N2O.2ClH.H3N.Pt/c9-6-5-8-3-1-7-2-4-8;;;;/h7H,1-6H2;2*1H;1H3;/q-1;;;;+2/p-1. The van der Waals surface area contributed by atoms with Crippen LogP contribution in [-0.2, 0) is 21.1 Å². The van der Waals surface area contributed by atoms with E-state index in [-0.39, 0.29) is 58.6 Å². The summed E-state index contributed by atoms with van der Waals surface area (Å²) in [5.41, 5.74) is 0. The van der Waals surface area contributed by atoms with E-state index in [0.29, 0.717) is 0 Å². The molecule has 1 heterocycles. The SMILES string of the molecule is Cl.N.[Cl-].[O-]CCN1CCNCC1.[Pt+2]. The zero-order chi connectivity index (χ0) is 6.53. The van der Waals surface area contributed by atoms with E-state index in [2.05, 4.69) is 10.2 Å². The van der Waals surface area contributed by atoms with Crippen molar-refractivity contribution in [1.82, 2.24) is 16.4 Å². The molecule has 4 nitrogen and oxygen atoms in total. The molecule has 0 aliphatic carbocycles. The Morgan fingerprint density at radius 2 is 1.69 bits per heavy atom. The summed E-state index contributed by atoms with van der Waals surface area (Å²) in [6.07, 6.45) is 0. The van der Waals surface area contributed by atoms with Crippen LogP contribution in [0.4, 0.5) is 0 Å². The van der Waals surface area contributed by atoms with Gasteiger partial charge in [0.25, 0.3) is 0 Å². The van der Waals surface area contributed by atoms with Gasteiger partial charge in [-0.15, -0.1) is 19.0 Å². The van der Waals surface area contributed by atoms with Crippen LogP contribution < -0.4 is 29.0 Å². The third-order valence-corrected chi connectivity index (χ3v) is 1.62. The van der Waals surface area contributed by atoms with Crippen molar-refractivity contribution < 1.29 is 38.6 Å². The van der Waals surface area contributed by atoms with E-state index in [0.717, 1.165) is 32.7 Å². The van der Waals surface area contributed by atoms with Gasteiger partial charge in [-0.25, -0.2) is 0 Å². The monoisotopic (exact) mass is 412 g/mol. The fourth-order valence-corrected chi connectivity index (χ4v) is 1.06. The summed E-state index contributed by atoms with van der Waals surface area (Å²) >= 11 is 0. The fourth-order valence-electron chi connectivity index (χ4n) is 1.06. The summed E-state index contributed by atoms with van der Waals surface area (Å²) in [6, 6.07) is 0. The third-order valence-electron chi connectivity index (χ3n) is 1.62. The minimum atomic E-state index is 0. The number of nitrogens with one attached hydrogen (secondary N) is 1. The van der Waals surface area contributed by atoms with Gasteiger partial charge in [-0.2, -0.15) is 0 Å². The van der Waals surface area contributed by atoms with E-state index in [4.69, 9.17) is 0 Å². The molecule has 0 atom stereocenters. The van der Waals surface area contributed by atoms with Crippen LogP contribution in [0.5, 0.6) is 0 Å². The minimum Gasteiger partial charge on any atom is -1.00 e. The normalized spacial score (nSPS) is 15.5.